The van der Waals surface area contributed by atoms with Gasteiger partial charge in [0.05, 0.1) is 16.1 Å². The van der Waals surface area contributed by atoms with Gasteiger partial charge in [0.25, 0.3) is 5.91 Å². The number of nitrogens with zero attached hydrogens (tertiary/aromatic N) is 1. The number of anilines is 1. The Morgan fingerprint density at radius 2 is 2.10 bits per heavy atom. The normalized spacial score (nSPS) is 10.5. The molecule has 2 rings (SSSR count). The van der Waals surface area contributed by atoms with Crippen LogP contribution < -0.4 is 10.1 Å². The lowest BCUT2D eigenvalue weighted by Gasteiger charge is -2.13. The van der Waals surface area contributed by atoms with Gasteiger partial charge in [0.2, 0.25) is 5.88 Å². The predicted octanol–water partition coefficient (Wildman–Crippen LogP) is 4.02. The maximum atomic E-state index is 13.5. The maximum Gasteiger partial charge on any atom is 0.257 e. The first-order chi connectivity index (χ1) is 9.99. The van der Waals surface area contributed by atoms with E-state index in [9.17, 15) is 9.18 Å². The molecule has 0 fully saturated rings. The van der Waals surface area contributed by atoms with Crippen LogP contribution in [0.2, 0.25) is 0 Å². The maximum absolute atomic E-state index is 13.5. The number of aromatic nitrogens is 1. The van der Waals surface area contributed by atoms with Crippen molar-refractivity contribution >= 4 is 27.5 Å². The minimum Gasteiger partial charge on any atom is -0.473 e. The van der Waals surface area contributed by atoms with Crippen LogP contribution in [0.5, 0.6) is 5.88 Å². The average molecular weight is 353 g/mol. The molecule has 0 spiro atoms. The molecule has 4 nitrogen and oxygen atoms in total. The van der Waals surface area contributed by atoms with Gasteiger partial charge in [-0.05, 0) is 54.0 Å². The predicted molar refractivity (Wildman–Crippen MR) is 82.1 cm³/mol. The van der Waals surface area contributed by atoms with Crippen molar-refractivity contribution in [2.45, 2.75) is 20.0 Å². The van der Waals surface area contributed by atoms with Crippen LogP contribution in [0.1, 0.15) is 24.2 Å². The van der Waals surface area contributed by atoms with E-state index < -0.39 is 11.7 Å². The van der Waals surface area contributed by atoms with Crippen LogP contribution in [0.25, 0.3) is 0 Å². The second kappa shape index (κ2) is 6.67. The van der Waals surface area contributed by atoms with Crippen molar-refractivity contribution < 1.29 is 13.9 Å². The van der Waals surface area contributed by atoms with Gasteiger partial charge in [0.15, 0.2) is 0 Å². The summed E-state index contributed by atoms with van der Waals surface area (Å²) in [4.78, 5) is 16.3. The second-order valence-corrected chi connectivity index (χ2v) is 5.37. The molecule has 0 saturated heterocycles. The van der Waals surface area contributed by atoms with Crippen molar-refractivity contribution in [2.24, 2.45) is 0 Å². The van der Waals surface area contributed by atoms with Gasteiger partial charge >= 0.3 is 0 Å². The highest BCUT2D eigenvalue weighted by molar-refractivity contribution is 9.10. The van der Waals surface area contributed by atoms with Gasteiger partial charge < -0.3 is 10.1 Å². The van der Waals surface area contributed by atoms with Gasteiger partial charge in [0, 0.05) is 6.20 Å². The quantitative estimate of drug-likeness (QED) is 0.903. The second-order valence-electron chi connectivity index (χ2n) is 4.58. The largest absolute Gasteiger partial charge is 0.473 e. The fourth-order valence-corrected chi connectivity index (χ4v) is 2.12. The number of benzene rings is 1. The summed E-state index contributed by atoms with van der Waals surface area (Å²) in [7, 11) is 0. The molecule has 1 aromatic heterocycles. The zero-order valence-electron chi connectivity index (χ0n) is 11.6. The lowest BCUT2D eigenvalue weighted by Crippen LogP contribution is -2.16. The van der Waals surface area contributed by atoms with E-state index in [4.69, 9.17) is 4.74 Å². The van der Waals surface area contributed by atoms with Crippen molar-refractivity contribution in [2.75, 3.05) is 5.32 Å². The third-order valence-electron chi connectivity index (χ3n) is 2.56. The molecule has 21 heavy (non-hydrogen) atoms. The highest BCUT2D eigenvalue weighted by atomic mass is 79.9. The van der Waals surface area contributed by atoms with Crippen molar-refractivity contribution in [1.82, 2.24) is 4.98 Å². The standard InChI is InChI=1S/C15H14BrFN2O2/c1-9(2)21-15-12(7-4-8-18-15)19-14(20)10-5-3-6-11(17)13(10)16/h3-9H,1-2H3,(H,19,20). The lowest BCUT2D eigenvalue weighted by atomic mass is 10.2. The summed E-state index contributed by atoms with van der Waals surface area (Å²) >= 11 is 3.07. The van der Waals surface area contributed by atoms with E-state index in [0.29, 0.717) is 11.6 Å². The van der Waals surface area contributed by atoms with Crippen LogP contribution >= 0.6 is 15.9 Å². The lowest BCUT2D eigenvalue weighted by molar-refractivity contribution is 0.102. The number of carbonyl (C=O) groups is 1. The fourth-order valence-electron chi connectivity index (χ4n) is 1.67. The van der Waals surface area contributed by atoms with Crippen molar-refractivity contribution in [3.63, 3.8) is 0 Å². The Morgan fingerprint density at radius 3 is 2.81 bits per heavy atom. The van der Waals surface area contributed by atoms with E-state index in [0.717, 1.165) is 0 Å². The Morgan fingerprint density at radius 1 is 1.33 bits per heavy atom. The van der Waals surface area contributed by atoms with Crippen molar-refractivity contribution in [1.29, 1.82) is 0 Å². The van der Waals surface area contributed by atoms with Crippen LogP contribution in [0.4, 0.5) is 10.1 Å². The highest BCUT2D eigenvalue weighted by Gasteiger charge is 2.15. The summed E-state index contributed by atoms with van der Waals surface area (Å²) < 4.78 is 19.1. The summed E-state index contributed by atoms with van der Waals surface area (Å²) in [5, 5.41) is 2.68. The molecule has 0 bridgehead atoms. The zero-order chi connectivity index (χ0) is 15.4. The van der Waals surface area contributed by atoms with Gasteiger partial charge in [-0.15, -0.1) is 0 Å². The number of hydrogen-bond acceptors (Lipinski definition) is 3. The summed E-state index contributed by atoms with van der Waals surface area (Å²) in [6.45, 7) is 3.73. The number of ether oxygens (including phenoxy) is 1. The summed E-state index contributed by atoms with van der Waals surface area (Å²) in [5.74, 6) is -0.608. The smallest absolute Gasteiger partial charge is 0.257 e. The van der Waals surface area contributed by atoms with E-state index in [1.165, 1.54) is 18.2 Å². The van der Waals surface area contributed by atoms with Crippen LogP contribution in [-0.2, 0) is 0 Å². The van der Waals surface area contributed by atoms with Gasteiger partial charge in [-0.25, -0.2) is 9.37 Å². The van der Waals surface area contributed by atoms with Crippen molar-refractivity contribution in [3.8, 4) is 5.88 Å². The Labute approximate surface area is 130 Å². The van der Waals surface area contributed by atoms with Crippen LogP contribution in [0.15, 0.2) is 41.0 Å². The number of amides is 1. The van der Waals surface area contributed by atoms with Crippen molar-refractivity contribution in [3.05, 3.63) is 52.4 Å². The molecule has 0 aliphatic rings. The molecule has 1 N–H and O–H groups in total. The molecule has 1 aromatic carbocycles. The molecule has 0 aliphatic heterocycles. The van der Waals surface area contributed by atoms with Gasteiger partial charge in [0.1, 0.15) is 11.5 Å². The fraction of sp³-hybridized carbons (Fsp3) is 0.200. The Bertz CT molecular complexity index is 662. The highest BCUT2D eigenvalue weighted by Crippen LogP contribution is 2.25. The molecule has 6 heteroatoms. The average Bonchev–Trinajstić information content (AvgIpc) is 2.43. The molecule has 1 heterocycles. The molecule has 0 radical (unpaired) electrons. The minimum atomic E-state index is -0.493. The zero-order valence-corrected chi connectivity index (χ0v) is 13.1. The Hall–Kier alpha value is -1.95. The Kier molecular flexibility index (Phi) is 4.90. The van der Waals surface area contributed by atoms with E-state index in [2.05, 4.69) is 26.2 Å². The van der Waals surface area contributed by atoms with E-state index >= 15 is 0 Å². The molecule has 2 aromatic rings. The van der Waals surface area contributed by atoms with E-state index in [-0.39, 0.29) is 16.1 Å². The molecule has 110 valence electrons. The van der Waals surface area contributed by atoms with Crippen LogP contribution in [-0.4, -0.2) is 17.0 Å². The number of hydrogen-bond donors (Lipinski definition) is 1. The van der Waals surface area contributed by atoms with Gasteiger partial charge in [-0.1, -0.05) is 6.07 Å². The first-order valence-electron chi connectivity index (χ1n) is 6.36. The first-order valence-corrected chi connectivity index (χ1v) is 7.15. The minimum absolute atomic E-state index is 0.0727. The monoisotopic (exact) mass is 352 g/mol. The summed E-state index contributed by atoms with van der Waals surface area (Å²) in [5.41, 5.74) is 0.640. The number of carbonyl (C=O) groups excluding carboxylic acids is 1. The number of nitrogens with one attached hydrogen (secondary N) is 1. The topological polar surface area (TPSA) is 51.2 Å². The van der Waals surface area contributed by atoms with Gasteiger partial charge in [-0.2, -0.15) is 0 Å². The molecule has 0 unspecified atom stereocenters. The molecule has 0 atom stereocenters. The number of pyridine rings is 1. The van der Waals surface area contributed by atoms with Gasteiger partial charge in [-0.3, -0.25) is 4.79 Å². The number of halogens is 2. The molecule has 0 saturated carbocycles. The van der Waals surface area contributed by atoms with Crippen LogP contribution in [0, 0.1) is 5.82 Å². The SMILES string of the molecule is CC(C)Oc1ncccc1NC(=O)c1cccc(F)c1Br. The first kappa shape index (κ1) is 15.4. The summed E-state index contributed by atoms with van der Waals surface area (Å²) in [6, 6.07) is 7.64. The molecule has 1 amide bonds. The number of rotatable bonds is 4. The van der Waals surface area contributed by atoms with Crippen LogP contribution in [0.3, 0.4) is 0 Å². The third kappa shape index (κ3) is 3.78. The molecular formula is C15H14BrFN2O2. The third-order valence-corrected chi connectivity index (χ3v) is 3.37. The molecular weight excluding hydrogens is 339 g/mol. The van der Waals surface area contributed by atoms with E-state index in [1.807, 2.05) is 13.8 Å². The van der Waals surface area contributed by atoms with E-state index in [1.54, 1.807) is 18.3 Å². The summed E-state index contributed by atoms with van der Waals surface area (Å²) in [6.07, 6.45) is 1.50. The Balaban J connectivity index is 2.26. The molecule has 0 aliphatic carbocycles.